The van der Waals surface area contributed by atoms with E-state index in [-0.39, 0.29) is 18.6 Å². The van der Waals surface area contributed by atoms with E-state index >= 15 is 0 Å². The van der Waals surface area contributed by atoms with Crippen LogP contribution in [-0.2, 0) is 9.53 Å². The van der Waals surface area contributed by atoms with Gasteiger partial charge >= 0.3 is 12.0 Å². The predicted molar refractivity (Wildman–Crippen MR) is 134 cm³/mol. The fraction of sp³-hybridized carbons (Fsp3) is 0.385. The fourth-order valence-corrected chi connectivity index (χ4v) is 4.79. The lowest BCUT2D eigenvalue weighted by Crippen LogP contribution is -2.53. The molecule has 1 atom stereocenters. The summed E-state index contributed by atoms with van der Waals surface area (Å²) in [5, 5.41) is 3.74. The molecule has 7 nitrogen and oxygen atoms in total. The lowest BCUT2D eigenvalue weighted by Gasteiger charge is -2.41. The number of piperazine rings is 1. The van der Waals surface area contributed by atoms with E-state index in [1.165, 1.54) is 0 Å². The number of carbonyl (C=O) groups is 2. The van der Waals surface area contributed by atoms with Gasteiger partial charge in [-0.25, -0.2) is 9.59 Å². The van der Waals surface area contributed by atoms with Crippen LogP contribution in [0.25, 0.3) is 0 Å². The van der Waals surface area contributed by atoms with Gasteiger partial charge in [0.05, 0.1) is 18.2 Å². The number of hydrogen-bond acceptors (Lipinski definition) is 5. The summed E-state index contributed by atoms with van der Waals surface area (Å²) in [6.45, 7) is 8.24. The number of esters is 1. The average molecular weight is 483 g/mol. The first-order valence-corrected chi connectivity index (χ1v) is 12.2. The van der Waals surface area contributed by atoms with E-state index in [1.807, 2.05) is 55.5 Å². The van der Waals surface area contributed by atoms with Crippen molar-refractivity contribution in [2.45, 2.75) is 19.9 Å². The molecule has 2 aliphatic heterocycles. The fourth-order valence-electron chi connectivity index (χ4n) is 4.60. The summed E-state index contributed by atoms with van der Waals surface area (Å²) in [6, 6.07) is 16.7. The molecule has 2 aromatic rings. The Morgan fingerprint density at radius 3 is 2.44 bits per heavy atom. The quantitative estimate of drug-likeness (QED) is 0.603. The third-order valence-electron chi connectivity index (χ3n) is 6.30. The van der Waals surface area contributed by atoms with Gasteiger partial charge in [-0.15, -0.1) is 0 Å². The Kier molecular flexibility index (Phi) is 7.75. The first kappa shape index (κ1) is 24.1. The third-order valence-corrected chi connectivity index (χ3v) is 6.54. The Morgan fingerprint density at radius 2 is 1.79 bits per heavy atom. The number of nitrogens with one attached hydrogen (secondary N) is 1. The van der Waals surface area contributed by atoms with Gasteiger partial charge in [-0.05, 0) is 37.6 Å². The summed E-state index contributed by atoms with van der Waals surface area (Å²) in [5.74, 6) is -0.387. The van der Waals surface area contributed by atoms with Crippen LogP contribution in [0.2, 0.25) is 5.02 Å². The van der Waals surface area contributed by atoms with Crippen LogP contribution in [0.1, 0.15) is 25.5 Å². The second-order valence-corrected chi connectivity index (χ2v) is 8.80. The molecule has 180 valence electrons. The number of halogens is 1. The lowest BCUT2D eigenvalue weighted by atomic mass is 9.94. The maximum atomic E-state index is 13.2. The van der Waals surface area contributed by atoms with Gasteiger partial charge in [0, 0.05) is 55.7 Å². The van der Waals surface area contributed by atoms with Crippen LogP contribution in [0.4, 0.5) is 10.5 Å². The van der Waals surface area contributed by atoms with Gasteiger partial charge in [0.25, 0.3) is 0 Å². The van der Waals surface area contributed by atoms with Crippen molar-refractivity contribution in [3.8, 4) is 0 Å². The molecule has 0 aromatic heterocycles. The van der Waals surface area contributed by atoms with Crippen molar-refractivity contribution < 1.29 is 14.3 Å². The number of hydrogen-bond donors (Lipinski definition) is 1. The highest BCUT2D eigenvalue weighted by Crippen LogP contribution is 2.32. The number of rotatable bonds is 7. The Morgan fingerprint density at radius 1 is 1.06 bits per heavy atom. The van der Waals surface area contributed by atoms with Gasteiger partial charge < -0.3 is 15.0 Å². The molecule has 2 heterocycles. The molecule has 1 unspecified atom stereocenters. The summed E-state index contributed by atoms with van der Waals surface area (Å²) in [4.78, 5) is 32.5. The minimum Gasteiger partial charge on any atom is -0.463 e. The molecule has 0 aliphatic carbocycles. The zero-order valence-electron chi connectivity index (χ0n) is 19.7. The van der Waals surface area contributed by atoms with Gasteiger partial charge in [-0.2, -0.15) is 0 Å². The highest BCUT2D eigenvalue weighted by atomic mass is 35.5. The lowest BCUT2D eigenvalue weighted by molar-refractivity contribution is -0.139. The van der Waals surface area contributed by atoms with E-state index in [0.717, 1.165) is 48.1 Å². The molecule has 2 aromatic carbocycles. The van der Waals surface area contributed by atoms with E-state index in [4.69, 9.17) is 16.3 Å². The number of ether oxygens (including phenoxy) is 1. The van der Waals surface area contributed by atoms with E-state index in [1.54, 1.807) is 11.8 Å². The first-order chi connectivity index (χ1) is 16.5. The van der Waals surface area contributed by atoms with Gasteiger partial charge in [-0.3, -0.25) is 9.80 Å². The van der Waals surface area contributed by atoms with Crippen molar-refractivity contribution in [3.63, 3.8) is 0 Å². The maximum Gasteiger partial charge on any atom is 0.338 e. The summed E-state index contributed by atoms with van der Waals surface area (Å²) in [7, 11) is 0. The topological polar surface area (TPSA) is 65.1 Å². The van der Waals surface area contributed by atoms with Crippen LogP contribution in [0.3, 0.4) is 0 Å². The maximum absolute atomic E-state index is 13.2. The third kappa shape index (κ3) is 5.21. The van der Waals surface area contributed by atoms with Gasteiger partial charge in [0.1, 0.15) is 0 Å². The standard InChI is InChI=1S/C26H31ClN4O3/c1-3-31-22(18-29-13-15-30(16-14-29)21-12-8-11-20(27)17-21)23(25(32)34-4-2)24(28-26(31)33)19-9-6-5-7-10-19/h5-12,17,24H,3-4,13-16,18H2,1-2H3,(H,28,33). The van der Waals surface area contributed by atoms with Crippen LogP contribution in [-0.4, -0.2) is 67.7 Å². The van der Waals surface area contributed by atoms with Crippen LogP contribution in [0.15, 0.2) is 65.9 Å². The van der Waals surface area contributed by atoms with Crippen molar-refractivity contribution in [3.05, 3.63) is 76.5 Å². The van der Waals surface area contributed by atoms with Crippen LogP contribution < -0.4 is 10.2 Å². The number of urea groups is 1. The van der Waals surface area contributed by atoms with Crippen LogP contribution >= 0.6 is 11.6 Å². The summed E-state index contributed by atoms with van der Waals surface area (Å²) >= 11 is 6.17. The van der Waals surface area contributed by atoms with Gasteiger partial charge in [0.15, 0.2) is 0 Å². The molecule has 1 saturated heterocycles. The van der Waals surface area contributed by atoms with E-state index < -0.39 is 6.04 Å². The molecule has 2 aliphatic rings. The molecule has 8 heteroatoms. The van der Waals surface area contributed by atoms with Crippen molar-refractivity contribution in [1.29, 1.82) is 0 Å². The second kappa shape index (κ2) is 10.9. The Labute approximate surface area is 205 Å². The number of likely N-dealkylation sites (N-methyl/N-ethyl adjacent to an activating group) is 1. The zero-order valence-corrected chi connectivity index (χ0v) is 20.4. The van der Waals surface area contributed by atoms with Crippen LogP contribution in [0.5, 0.6) is 0 Å². The molecule has 4 rings (SSSR count). The molecule has 1 N–H and O–H groups in total. The van der Waals surface area contributed by atoms with Gasteiger partial charge in [-0.1, -0.05) is 48.0 Å². The number of nitrogens with zero attached hydrogens (tertiary/aromatic N) is 3. The Hall–Kier alpha value is -3.03. The smallest absolute Gasteiger partial charge is 0.338 e. The Bertz CT molecular complexity index is 1050. The first-order valence-electron chi connectivity index (χ1n) is 11.8. The molecule has 0 spiro atoms. The molecule has 0 bridgehead atoms. The highest BCUT2D eigenvalue weighted by molar-refractivity contribution is 6.30. The van der Waals surface area contributed by atoms with E-state index in [0.29, 0.717) is 18.7 Å². The molecule has 0 saturated carbocycles. The van der Waals surface area contributed by atoms with Crippen molar-refractivity contribution >= 4 is 29.3 Å². The molecular formula is C26H31ClN4O3. The number of benzene rings is 2. The van der Waals surface area contributed by atoms with Crippen molar-refractivity contribution in [1.82, 2.24) is 15.1 Å². The number of amides is 2. The highest BCUT2D eigenvalue weighted by Gasteiger charge is 2.38. The van der Waals surface area contributed by atoms with Crippen molar-refractivity contribution in [2.24, 2.45) is 0 Å². The minimum absolute atomic E-state index is 0.197. The van der Waals surface area contributed by atoms with E-state index in [2.05, 4.69) is 21.2 Å². The largest absolute Gasteiger partial charge is 0.463 e. The number of carbonyl (C=O) groups excluding carboxylic acids is 2. The minimum atomic E-state index is -0.543. The van der Waals surface area contributed by atoms with E-state index in [9.17, 15) is 9.59 Å². The second-order valence-electron chi connectivity index (χ2n) is 8.36. The summed E-state index contributed by atoms with van der Waals surface area (Å²) in [5.41, 5.74) is 3.19. The molecule has 0 radical (unpaired) electrons. The normalized spacial score (nSPS) is 19.3. The Balaban J connectivity index is 1.61. The molecular weight excluding hydrogens is 452 g/mol. The predicted octanol–water partition coefficient (Wildman–Crippen LogP) is 4.07. The summed E-state index contributed by atoms with van der Waals surface area (Å²) < 4.78 is 5.45. The van der Waals surface area contributed by atoms with Gasteiger partial charge in [0.2, 0.25) is 0 Å². The van der Waals surface area contributed by atoms with Crippen molar-refractivity contribution in [2.75, 3.05) is 50.8 Å². The summed E-state index contributed by atoms with van der Waals surface area (Å²) in [6.07, 6.45) is 0. The molecule has 1 fully saturated rings. The molecule has 34 heavy (non-hydrogen) atoms. The average Bonchev–Trinajstić information content (AvgIpc) is 2.85. The number of anilines is 1. The zero-order chi connectivity index (χ0) is 24.1. The monoisotopic (exact) mass is 482 g/mol. The van der Waals surface area contributed by atoms with Crippen LogP contribution in [0, 0.1) is 0 Å². The molecule has 2 amide bonds. The SMILES string of the molecule is CCOC(=O)C1=C(CN2CCN(c3cccc(Cl)c3)CC2)N(CC)C(=O)NC1c1ccccc1.